The zero-order valence-corrected chi connectivity index (χ0v) is 24.8. The molecular formula is C40H25NS2. The maximum absolute atomic E-state index is 2.41. The Kier molecular flexibility index (Phi) is 5.62. The van der Waals surface area contributed by atoms with E-state index < -0.39 is 0 Å². The highest BCUT2D eigenvalue weighted by atomic mass is 32.1. The summed E-state index contributed by atoms with van der Waals surface area (Å²) in [6, 6.07) is 55.3. The predicted molar refractivity (Wildman–Crippen MR) is 190 cm³/mol. The van der Waals surface area contributed by atoms with Crippen LogP contribution in [-0.2, 0) is 0 Å². The first-order valence-corrected chi connectivity index (χ1v) is 16.2. The molecule has 2 heterocycles. The number of anilines is 3. The van der Waals surface area contributed by atoms with Crippen molar-refractivity contribution in [3.05, 3.63) is 152 Å². The van der Waals surface area contributed by atoms with Crippen LogP contribution in [-0.4, -0.2) is 0 Å². The Morgan fingerprint density at radius 3 is 1.77 bits per heavy atom. The highest BCUT2D eigenvalue weighted by Crippen LogP contribution is 2.46. The molecule has 0 radical (unpaired) electrons. The molecule has 0 fully saturated rings. The van der Waals surface area contributed by atoms with Crippen molar-refractivity contribution in [3.8, 4) is 11.1 Å². The minimum atomic E-state index is 1.14. The van der Waals surface area contributed by atoms with Gasteiger partial charge in [-0.15, -0.1) is 22.7 Å². The fourth-order valence-electron chi connectivity index (χ4n) is 6.49. The second-order valence-electron chi connectivity index (χ2n) is 10.9. The van der Waals surface area contributed by atoms with Crippen LogP contribution in [0.25, 0.3) is 62.2 Å². The number of para-hydroxylation sites is 1. The molecule has 0 aliphatic carbocycles. The van der Waals surface area contributed by atoms with Gasteiger partial charge in [-0.1, -0.05) is 109 Å². The lowest BCUT2D eigenvalue weighted by atomic mass is 10.0. The lowest BCUT2D eigenvalue weighted by Gasteiger charge is -2.27. The molecule has 0 saturated carbocycles. The molecule has 43 heavy (non-hydrogen) atoms. The van der Waals surface area contributed by atoms with Gasteiger partial charge in [-0.2, -0.15) is 0 Å². The van der Waals surface area contributed by atoms with Crippen LogP contribution < -0.4 is 4.90 Å². The summed E-state index contributed by atoms with van der Waals surface area (Å²) in [7, 11) is 0. The van der Waals surface area contributed by atoms with Gasteiger partial charge in [-0.05, 0) is 59.0 Å². The van der Waals surface area contributed by atoms with Gasteiger partial charge >= 0.3 is 0 Å². The Balaban J connectivity index is 1.24. The quantitative estimate of drug-likeness (QED) is 0.199. The van der Waals surface area contributed by atoms with Crippen molar-refractivity contribution in [2.45, 2.75) is 0 Å². The smallest absolute Gasteiger partial charge is 0.0554 e. The molecule has 0 atom stereocenters. The summed E-state index contributed by atoms with van der Waals surface area (Å²) in [5.41, 5.74) is 6.00. The zero-order chi connectivity index (χ0) is 28.3. The Morgan fingerprint density at radius 2 is 1.00 bits per heavy atom. The fourth-order valence-corrected chi connectivity index (χ4v) is 8.99. The van der Waals surface area contributed by atoms with Gasteiger partial charge in [0, 0.05) is 57.1 Å². The van der Waals surface area contributed by atoms with E-state index in [9.17, 15) is 0 Å². The molecule has 0 aliphatic rings. The van der Waals surface area contributed by atoms with Gasteiger partial charge in [-0.25, -0.2) is 0 Å². The minimum absolute atomic E-state index is 1.14. The van der Waals surface area contributed by atoms with Crippen LogP contribution in [0.2, 0.25) is 0 Å². The van der Waals surface area contributed by atoms with Gasteiger partial charge in [0.1, 0.15) is 0 Å². The molecule has 7 aromatic carbocycles. The van der Waals surface area contributed by atoms with E-state index in [1.807, 2.05) is 22.7 Å². The highest BCUT2D eigenvalue weighted by molar-refractivity contribution is 7.27. The van der Waals surface area contributed by atoms with Crippen molar-refractivity contribution < 1.29 is 0 Å². The van der Waals surface area contributed by atoms with Crippen molar-refractivity contribution in [1.29, 1.82) is 0 Å². The molecule has 9 aromatic rings. The van der Waals surface area contributed by atoms with Gasteiger partial charge in [-0.3, -0.25) is 0 Å². The molecule has 0 spiro atoms. The third-order valence-corrected chi connectivity index (χ3v) is 10.9. The molecule has 3 heteroatoms. The standard InChI is InChI=1S/C40H25NS2/c1-2-11-28(12-3-1)41(35-17-8-10-27-22-25-34-32-14-5-7-19-37(32)43-40(34)38(27)35)29-23-20-26(21-24-29)30-15-9-16-33-31-13-4-6-18-36(31)42-39(30)33/h1-25H. The summed E-state index contributed by atoms with van der Waals surface area (Å²) in [5, 5.41) is 7.86. The number of thiophene rings is 2. The molecule has 1 nitrogen and oxygen atoms in total. The van der Waals surface area contributed by atoms with E-state index in [0.29, 0.717) is 0 Å². The van der Waals surface area contributed by atoms with Crippen LogP contribution in [0, 0.1) is 0 Å². The van der Waals surface area contributed by atoms with E-state index in [4.69, 9.17) is 0 Å². The number of hydrogen-bond donors (Lipinski definition) is 0. The van der Waals surface area contributed by atoms with Gasteiger partial charge in [0.25, 0.3) is 0 Å². The zero-order valence-electron chi connectivity index (χ0n) is 23.2. The van der Waals surface area contributed by atoms with Gasteiger partial charge < -0.3 is 4.90 Å². The summed E-state index contributed by atoms with van der Waals surface area (Å²) in [6.07, 6.45) is 0. The molecule has 0 unspecified atom stereocenters. The normalized spacial score (nSPS) is 11.7. The number of rotatable bonds is 4. The van der Waals surface area contributed by atoms with Crippen molar-refractivity contribution >= 4 is 90.9 Å². The average molecular weight is 584 g/mol. The fraction of sp³-hybridized carbons (Fsp3) is 0. The van der Waals surface area contributed by atoms with E-state index in [0.717, 1.165) is 11.4 Å². The summed E-state index contributed by atoms with van der Waals surface area (Å²) in [5.74, 6) is 0. The lowest BCUT2D eigenvalue weighted by molar-refractivity contribution is 1.30. The van der Waals surface area contributed by atoms with Crippen molar-refractivity contribution in [2.75, 3.05) is 4.90 Å². The van der Waals surface area contributed by atoms with Crippen molar-refractivity contribution in [2.24, 2.45) is 0 Å². The van der Waals surface area contributed by atoms with E-state index in [-0.39, 0.29) is 0 Å². The summed E-state index contributed by atoms with van der Waals surface area (Å²) in [4.78, 5) is 2.41. The molecule has 202 valence electrons. The second-order valence-corrected chi connectivity index (χ2v) is 13.0. The SMILES string of the molecule is c1ccc(N(c2ccc(-c3cccc4c3sc3ccccc34)cc2)c2cccc3ccc4c5ccccc5sc4c23)cc1. The molecule has 0 aliphatic heterocycles. The van der Waals surface area contributed by atoms with Crippen LogP contribution >= 0.6 is 22.7 Å². The first-order chi connectivity index (χ1) is 21.3. The van der Waals surface area contributed by atoms with Crippen molar-refractivity contribution in [1.82, 2.24) is 0 Å². The van der Waals surface area contributed by atoms with Gasteiger partial charge in [0.15, 0.2) is 0 Å². The Morgan fingerprint density at radius 1 is 0.395 bits per heavy atom. The topological polar surface area (TPSA) is 3.24 Å². The van der Waals surface area contributed by atoms with E-state index in [1.165, 1.54) is 67.9 Å². The third kappa shape index (κ3) is 3.90. The molecule has 0 saturated heterocycles. The van der Waals surface area contributed by atoms with Crippen molar-refractivity contribution in [3.63, 3.8) is 0 Å². The monoisotopic (exact) mass is 583 g/mol. The Hall–Kier alpha value is -4.96. The number of nitrogens with zero attached hydrogens (tertiary/aromatic N) is 1. The summed E-state index contributed by atoms with van der Waals surface area (Å²) < 4.78 is 5.34. The number of fused-ring (bicyclic) bond motifs is 8. The second kappa shape index (κ2) is 9.81. The molecule has 2 aromatic heterocycles. The Bertz CT molecular complexity index is 2450. The average Bonchev–Trinajstić information content (AvgIpc) is 3.64. The maximum Gasteiger partial charge on any atom is 0.0554 e. The largest absolute Gasteiger partial charge is 0.310 e. The highest BCUT2D eigenvalue weighted by Gasteiger charge is 2.19. The molecule has 9 rings (SSSR count). The summed E-state index contributed by atoms with van der Waals surface area (Å²) in [6.45, 7) is 0. The van der Waals surface area contributed by atoms with E-state index in [1.54, 1.807) is 0 Å². The van der Waals surface area contributed by atoms with Gasteiger partial charge in [0.05, 0.1) is 5.69 Å². The lowest BCUT2D eigenvalue weighted by Crippen LogP contribution is -2.10. The predicted octanol–water partition coefficient (Wildman–Crippen LogP) is 12.7. The minimum Gasteiger partial charge on any atom is -0.310 e. The first-order valence-electron chi connectivity index (χ1n) is 14.5. The van der Waals surface area contributed by atoms with E-state index in [2.05, 4.69) is 157 Å². The van der Waals surface area contributed by atoms with Crippen LogP contribution in [0.15, 0.2) is 152 Å². The molecule has 0 amide bonds. The van der Waals surface area contributed by atoms with Crippen LogP contribution in [0.4, 0.5) is 17.1 Å². The van der Waals surface area contributed by atoms with Crippen LogP contribution in [0.1, 0.15) is 0 Å². The van der Waals surface area contributed by atoms with Crippen LogP contribution in [0.3, 0.4) is 0 Å². The first kappa shape index (κ1) is 24.6. The maximum atomic E-state index is 2.41. The molecule has 0 bridgehead atoms. The van der Waals surface area contributed by atoms with Gasteiger partial charge in [0.2, 0.25) is 0 Å². The Labute approximate surface area is 257 Å². The third-order valence-electron chi connectivity index (χ3n) is 8.46. The summed E-state index contributed by atoms with van der Waals surface area (Å²) >= 11 is 3.77. The molecular weight excluding hydrogens is 559 g/mol. The molecule has 0 N–H and O–H groups in total. The van der Waals surface area contributed by atoms with E-state index >= 15 is 0 Å². The van der Waals surface area contributed by atoms with Crippen LogP contribution in [0.5, 0.6) is 0 Å². The number of benzene rings is 7. The number of hydrogen-bond acceptors (Lipinski definition) is 3.